The minimum Gasteiger partial charge on any atom is -0.460 e. The third-order valence-electron chi connectivity index (χ3n) is 1.94. The van der Waals surface area contributed by atoms with Crippen molar-refractivity contribution in [2.75, 3.05) is 0 Å². The summed E-state index contributed by atoms with van der Waals surface area (Å²) in [7, 11) is 0. The van der Waals surface area contributed by atoms with Crippen molar-refractivity contribution < 1.29 is 9.94 Å². The molecular formula is C7H14N2O2. The number of hydrogen-bond acceptors (Lipinski definition) is 3. The summed E-state index contributed by atoms with van der Waals surface area (Å²) < 4.78 is 5.12. The van der Waals surface area contributed by atoms with E-state index in [-0.39, 0.29) is 12.1 Å². The van der Waals surface area contributed by atoms with Crippen LogP contribution in [0.25, 0.3) is 0 Å². The van der Waals surface area contributed by atoms with Crippen LogP contribution in [0.3, 0.4) is 0 Å². The lowest BCUT2D eigenvalue weighted by Crippen LogP contribution is -2.26. The molecule has 0 aromatic carbocycles. The van der Waals surface area contributed by atoms with Crippen molar-refractivity contribution in [3.8, 4) is 0 Å². The Hall–Kier alpha value is -0.930. The van der Waals surface area contributed by atoms with E-state index in [1.807, 2.05) is 0 Å². The highest BCUT2D eigenvalue weighted by molar-refractivity contribution is 5.70. The van der Waals surface area contributed by atoms with E-state index in [0.29, 0.717) is 0 Å². The quantitative estimate of drug-likeness (QED) is 0.259. The van der Waals surface area contributed by atoms with E-state index in [9.17, 15) is 0 Å². The topological polar surface area (TPSA) is 67.8 Å². The first-order valence-corrected chi connectivity index (χ1v) is 3.97. The summed E-state index contributed by atoms with van der Waals surface area (Å²) in [5.74, 6) is 0. The van der Waals surface area contributed by atoms with Gasteiger partial charge in [-0.3, -0.25) is 0 Å². The second-order valence-electron chi connectivity index (χ2n) is 2.82. The average molecular weight is 158 g/mol. The third kappa shape index (κ3) is 2.65. The standard InChI is InChI=1S/C7H14N2O2/c8-7(9-10)11-6-4-2-1-3-5-6/h6,10H,1-5H2,(H2,8,9). The number of amidine groups is 1. The van der Waals surface area contributed by atoms with Crippen LogP contribution < -0.4 is 5.73 Å². The lowest BCUT2D eigenvalue weighted by Gasteiger charge is -2.21. The van der Waals surface area contributed by atoms with E-state index in [2.05, 4.69) is 5.16 Å². The molecule has 0 aliphatic heterocycles. The molecule has 0 atom stereocenters. The molecule has 0 bridgehead atoms. The number of hydrogen-bond donors (Lipinski definition) is 2. The SMILES string of the molecule is N/C(=N\O)OC1CCCCC1. The Balaban J connectivity index is 2.24. The van der Waals surface area contributed by atoms with Gasteiger partial charge in [0.15, 0.2) is 0 Å². The zero-order valence-corrected chi connectivity index (χ0v) is 6.49. The summed E-state index contributed by atoms with van der Waals surface area (Å²) in [6.07, 6.45) is 5.86. The van der Waals surface area contributed by atoms with Gasteiger partial charge in [0.1, 0.15) is 6.10 Å². The van der Waals surface area contributed by atoms with Gasteiger partial charge in [0.05, 0.1) is 0 Å². The third-order valence-corrected chi connectivity index (χ3v) is 1.94. The van der Waals surface area contributed by atoms with Crippen LogP contribution in [0.1, 0.15) is 32.1 Å². The van der Waals surface area contributed by atoms with Gasteiger partial charge in [0.25, 0.3) is 0 Å². The molecule has 0 amide bonds. The zero-order valence-electron chi connectivity index (χ0n) is 6.49. The lowest BCUT2D eigenvalue weighted by molar-refractivity contribution is 0.130. The number of rotatable bonds is 1. The van der Waals surface area contributed by atoms with E-state index >= 15 is 0 Å². The highest BCUT2D eigenvalue weighted by atomic mass is 16.5. The van der Waals surface area contributed by atoms with E-state index in [1.54, 1.807) is 0 Å². The van der Waals surface area contributed by atoms with Crippen molar-refractivity contribution >= 4 is 6.02 Å². The summed E-state index contributed by atoms with van der Waals surface area (Å²) in [6, 6.07) is -0.114. The van der Waals surface area contributed by atoms with Gasteiger partial charge < -0.3 is 15.7 Å². The summed E-state index contributed by atoms with van der Waals surface area (Å²) >= 11 is 0. The minimum atomic E-state index is -0.114. The van der Waals surface area contributed by atoms with Crippen molar-refractivity contribution in [3.63, 3.8) is 0 Å². The molecule has 4 nitrogen and oxygen atoms in total. The Morgan fingerprint density at radius 2 is 2.00 bits per heavy atom. The second-order valence-corrected chi connectivity index (χ2v) is 2.82. The summed E-state index contributed by atoms with van der Waals surface area (Å²) in [5, 5.41) is 11.0. The number of oxime groups is 1. The van der Waals surface area contributed by atoms with Crippen LogP contribution in [0.5, 0.6) is 0 Å². The fourth-order valence-electron chi connectivity index (χ4n) is 1.38. The van der Waals surface area contributed by atoms with E-state index < -0.39 is 0 Å². The molecule has 0 heterocycles. The van der Waals surface area contributed by atoms with Gasteiger partial charge in [-0.15, -0.1) is 0 Å². The molecule has 0 spiro atoms. The Bertz CT molecular complexity index is 141. The van der Waals surface area contributed by atoms with Crippen LogP contribution in [-0.2, 0) is 4.74 Å². The monoisotopic (exact) mass is 158 g/mol. The molecule has 64 valence electrons. The second kappa shape index (κ2) is 4.05. The van der Waals surface area contributed by atoms with Crippen LogP contribution in [0.2, 0.25) is 0 Å². The van der Waals surface area contributed by atoms with Crippen molar-refractivity contribution in [1.29, 1.82) is 0 Å². The fourth-order valence-corrected chi connectivity index (χ4v) is 1.38. The Morgan fingerprint density at radius 3 is 2.55 bits per heavy atom. The smallest absolute Gasteiger partial charge is 0.321 e. The Labute approximate surface area is 66.0 Å². The predicted octanol–water partition coefficient (Wildman–Crippen LogP) is 1.04. The van der Waals surface area contributed by atoms with Crippen molar-refractivity contribution in [2.45, 2.75) is 38.2 Å². The predicted molar refractivity (Wildman–Crippen MR) is 41.4 cm³/mol. The Kier molecular flexibility index (Phi) is 3.01. The molecule has 0 radical (unpaired) electrons. The van der Waals surface area contributed by atoms with Crippen LogP contribution in [-0.4, -0.2) is 17.3 Å². The highest BCUT2D eigenvalue weighted by Gasteiger charge is 2.15. The molecule has 0 unspecified atom stereocenters. The van der Waals surface area contributed by atoms with Gasteiger partial charge in [0.2, 0.25) is 0 Å². The van der Waals surface area contributed by atoms with Gasteiger partial charge in [0, 0.05) is 0 Å². The van der Waals surface area contributed by atoms with Gasteiger partial charge in [-0.05, 0) is 30.8 Å². The summed E-state index contributed by atoms with van der Waals surface area (Å²) in [6.45, 7) is 0. The minimum absolute atomic E-state index is 0.114. The van der Waals surface area contributed by atoms with Crippen LogP contribution in [0, 0.1) is 0 Å². The summed E-state index contributed by atoms with van der Waals surface area (Å²) in [4.78, 5) is 0. The van der Waals surface area contributed by atoms with E-state index in [0.717, 1.165) is 12.8 Å². The normalized spacial score (nSPS) is 21.6. The van der Waals surface area contributed by atoms with Crippen molar-refractivity contribution in [1.82, 2.24) is 0 Å². The van der Waals surface area contributed by atoms with Gasteiger partial charge >= 0.3 is 6.02 Å². The Morgan fingerprint density at radius 1 is 1.36 bits per heavy atom. The largest absolute Gasteiger partial charge is 0.460 e. The molecule has 0 saturated heterocycles. The average Bonchev–Trinajstić information content (AvgIpc) is 2.06. The van der Waals surface area contributed by atoms with Crippen LogP contribution in [0.4, 0.5) is 0 Å². The maximum absolute atomic E-state index is 8.20. The zero-order chi connectivity index (χ0) is 8.10. The molecule has 1 rings (SSSR count). The maximum atomic E-state index is 8.20. The molecule has 1 saturated carbocycles. The maximum Gasteiger partial charge on any atom is 0.321 e. The van der Waals surface area contributed by atoms with Gasteiger partial charge in [-0.25, -0.2) is 0 Å². The first-order chi connectivity index (χ1) is 5.33. The van der Waals surface area contributed by atoms with Crippen LogP contribution >= 0.6 is 0 Å². The molecular weight excluding hydrogens is 144 g/mol. The molecule has 0 aromatic rings. The molecule has 1 fully saturated rings. The van der Waals surface area contributed by atoms with Gasteiger partial charge in [-0.1, -0.05) is 6.42 Å². The molecule has 11 heavy (non-hydrogen) atoms. The molecule has 4 heteroatoms. The van der Waals surface area contributed by atoms with Crippen LogP contribution in [0.15, 0.2) is 5.16 Å². The fraction of sp³-hybridized carbons (Fsp3) is 0.857. The first-order valence-electron chi connectivity index (χ1n) is 3.97. The van der Waals surface area contributed by atoms with Crippen molar-refractivity contribution in [2.24, 2.45) is 10.9 Å². The molecule has 1 aliphatic rings. The number of nitrogens with two attached hydrogens (primary N) is 1. The number of nitrogens with zero attached hydrogens (tertiary/aromatic N) is 1. The summed E-state index contributed by atoms with van der Waals surface area (Å²) in [5.41, 5.74) is 5.18. The molecule has 0 aromatic heterocycles. The van der Waals surface area contributed by atoms with Crippen molar-refractivity contribution in [3.05, 3.63) is 0 Å². The molecule has 1 aliphatic carbocycles. The number of ether oxygens (including phenoxy) is 1. The lowest BCUT2D eigenvalue weighted by atomic mass is 9.98. The highest BCUT2D eigenvalue weighted by Crippen LogP contribution is 2.19. The molecule has 3 N–H and O–H groups in total. The first kappa shape index (κ1) is 8.17. The van der Waals surface area contributed by atoms with E-state index in [1.165, 1.54) is 19.3 Å². The van der Waals surface area contributed by atoms with Gasteiger partial charge in [-0.2, -0.15) is 0 Å². The van der Waals surface area contributed by atoms with E-state index in [4.69, 9.17) is 15.7 Å².